The first-order chi connectivity index (χ1) is 10.1. The highest BCUT2D eigenvalue weighted by Crippen LogP contribution is 2.24. The second kappa shape index (κ2) is 5.74. The molecule has 0 aliphatic carbocycles. The summed E-state index contributed by atoms with van der Waals surface area (Å²) in [5.74, 6) is -0.711. The first kappa shape index (κ1) is 16.5. The molecule has 0 radical (unpaired) electrons. The number of likely N-dealkylation sites (tertiary alicyclic amines) is 1. The largest absolute Gasteiger partial charge is 0.369 e. The normalized spacial score (nSPS) is 22.7. The minimum absolute atomic E-state index is 0.100. The van der Waals surface area contributed by atoms with Gasteiger partial charge in [-0.2, -0.15) is 5.10 Å². The van der Waals surface area contributed by atoms with E-state index in [9.17, 15) is 9.59 Å². The number of piperidine rings is 1. The van der Waals surface area contributed by atoms with Gasteiger partial charge in [-0.1, -0.05) is 0 Å². The maximum absolute atomic E-state index is 12.8. The lowest BCUT2D eigenvalue weighted by Gasteiger charge is -2.36. The highest BCUT2D eigenvalue weighted by Gasteiger charge is 2.33. The average Bonchev–Trinajstić information content (AvgIpc) is 2.80. The molecule has 2 atom stereocenters. The minimum atomic E-state index is -0.332. The Morgan fingerprint density at radius 3 is 2.45 bits per heavy atom. The highest BCUT2D eigenvalue weighted by atomic mass is 16.2. The van der Waals surface area contributed by atoms with Crippen molar-refractivity contribution in [1.29, 1.82) is 0 Å². The maximum atomic E-state index is 12.8. The molecule has 1 aliphatic rings. The van der Waals surface area contributed by atoms with Crippen molar-refractivity contribution in [3.63, 3.8) is 0 Å². The van der Waals surface area contributed by atoms with Crippen LogP contribution in [0.1, 0.15) is 56.7 Å². The highest BCUT2D eigenvalue weighted by molar-refractivity contribution is 5.93. The Morgan fingerprint density at radius 2 is 1.95 bits per heavy atom. The fourth-order valence-electron chi connectivity index (χ4n) is 3.03. The molecule has 1 aliphatic heterocycles. The summed E-state index contributed by atoms with van der Waals surface area (Å²) >= 11 is 0. The standard InChI is InChI=1S/C16H26N4O2/c1-10-6-7-12(14(17)21)9-19(10)15(22)13-8-11(2)20(18-13)16(3,4)5/h8,10,12H,6-7,9H2,1-5H3,(H2,17,21)/t10-,12+/m0/s1. The molecule has 0 unspecified atom stereocenters. The number of hydrogen-bond donors (Lipinski definition) is 1. The van der Waals surface area contributed by atoms with Crippen LogP contribution in [0.15, 0.2) is 6.07 Å². The van der Waals surface area contributed by atoms with Gasteiger partial charge in [0.2, 0.25) is 5.91 Å². The number of aryl methyl sites for hydroxylation is 1. The van der Waals surface area contributed by atoms with Crippen LogP contribution in [0.3, 0.4) is 0 Å². The van der Waals surface area contributed by atoms with Gasteiger partial charge >= 0.3 is 0 Å². The molecule has 1 saturated heterocycles. The molecule has 2 amide bonds. The van der Waals surface area contributed by atoms with E-state index in [0.717, 1.165) is 18.5 Å². The lowest BCUT2D eigenvalue weighted by atomic mass is 9.92. The number of nitrogens with zero attached hydrogens (tertiary/aromatic N) is 3. The number of amides is 2. The van der Waals surface area contributed by atoms with Crippen LogP contribution in [0.25, 0.3) is 0 Å². The number of primary amides is 1. The van der Waals surface area contributed by atoms with Crippen LogP contribution >= 0.6 is 0 Å². The van der Waals surface area contributed by atoms with Crippen LogP contribution in [0.2, 0.25) is 0 Å². The van der Waals surface area contributed by atoms with E-state index in [4.69, 9.17) is 5.73 Å². The van der Waals surface area contributed by atoms with Crippen molar-refractivity contribution in [2.24, 2.45) is 11.7 Å². The Labute approximate surface area is 131 Å². The SMILES string of the molecule is Cc1cc(C(=O)N2C[C@H](C(N)=O)CC[C@@H]2C)nn1C(C)(C)C. The smallest absolute Gasteiger partial charge is 0.274 e. The third-order valence-corrected chi connectivity index (χ3v) is 4.29. The van der Waals surface area contributed by atoms with E-state index < -0.39 is 0 Å². The van der Waals surface area contributed by atoms with Gasteiger partial charge in [-0.15, -0.1) is 0 Å². The van der Waals surface area contributed by atoms with Gasteiger partial charge < -0.3 is 10.6 Å². The summed E-state index contributed by atoms with van der Waals surface area (Å²) in [6, 6.07) is 1.91. The van der Waals surface area contributed by atoms with Gasteiger partial charge in [-0.3, -0.25) is 14.3 Å². The van der Waals surface area contributed by atoms with Crippen molar-refractivity contribution < 1.29 is 9.59 Å². The Balaban J connectivity index is 2.25. The summed E-state index contributed by atoms with van der Waals surface area (Å²) in [7, 11) is 0. The summed E-state index contributed by atoms with van der Waals surface area (Å²) in [6.07, 6.45) is 1.54. The van der Waals surface area contributed by atoms with Gasteiger partial charge in [-0.05, 0) is 53.5 Å². The monoisotopic (exact) mass is 306 g/mol. The van der Waals surface area contributed by atoms with Crippen molar-refractivity contribution in [2.75, 3.05) is 6.54 Å². The molecule has 0 aromatic carbocycles. The molecule has 0 saturated carbocycles. The van der Waals surface area contributed by atoms with Crippen molar-refractivity contribution in [2.45, 2.75) is 59.0 Å². The number of hydrogen-bond acceptors (Lipinski definition) is 3. The zero-order valence-corrected chi connectivity index (χ0v) is 14.1. The van der Waals surface area contributed by atoms with Gasteiger partial charge in [-0.25, -0.2) is 0 Å². The molecular formula is C16H26N4O2. The van der Waals surface area contributed by atoms with Crippen LogP contribution in [-0.2, 0) is 10.3 Å². The fraction of sp³-hybridized carbons (Fsp3) is 0.688. The molecule has 1 fully saturated rings. The molecule has 0 spiro atoms. The molecule has 122 valence electrons. The lowest BCUT2D eigenvalue weighted by Crippen LogP contribution is -2.48. The Morgan fingerprint density at radius 1 is 1.32 bits per heavy atom. The van der Waals surface area contributed by atoms with Crippen LogP contribution in [0.4, 0.5) is 0 Å². The molecule has 1 aromatic rings. The van der Waals surface area contributed by atoms with E-state index >= 15 is 0 Å². The van der Waals surface area contributed by atoms with E-state index in [0.29, 0.717) is 12.2 Å². The molecule has 22 heavy (non-hydrogen) atoms. The summed E-state index contributed by atoms with van der Waals surface area (Å²) in [4.78, 5) is 25.9. The Kier molecular flexibility index (Phi) is 4.31. The second-order valence-electron chi connectivity index (χ2n) is 7.24. The molecule has 6 nitrogen and oxygen atoms in total. The number of carbonyl (C=O) groups excluding carboxylic acids is 2. The van der Waals surface area contributed by atoms with Crippen molar-refractivity contribution in [3.05, 3.63) is 17.5 Å². The molecule has 6 heteroatoms. The topological polar surface area (TPSA) is 81.2 Å². The first-order valence-electron chi connectivity index (χ1n) is 7.78. The quantitative estimate of drug-likeness (QED) is 0.902. The first-order valence-corrected chi connectivity index (χ1v) is 7.78. The van der Waals surface area contributed by atoms with Crippen LogP contribution in [0, 0.1) is 12.8 Å². The maximum Gasteiger partial charge on any atom is 0.274 e. The van der Waals surface area contributed by atoms with E-state index in [2.05, 4.69) is 5.10 Å². The van der Waals surface area contributed by atoms with Crippen molar-refractivity contribution >= 4 is 11.8 Å². The van der Waals surface area contributed by atoms with Gasteiger partial charge in [0.25, 0.3) is 5.91 Å². The lowest BCUT2D eigenvalue weighted by molar-refractivity contribution is -0.123. The van der Waals surface area contributed by atoms with Gasteiger partial charge in [0, 0.05) is 18.3 Å². The third kappa shape index (κ3) is 3.15. The van der Waals surface area contributed by atoms with Crippen LogP contribution in [0.5, 0.6) is 0 Å². The summed E-state index contributed by atoms with van der Waals surface area (Å²) in [6.45, 7) is 10.5. The predicted molar refractivity (Wildman–Crippen MR) is 84.4 cm³/mol. The predicted octanol–water partition coefficient (Wildman–Crippen LogP) is 1.67. The summed E-state index contributed by atoms with van der Waals surface area (Å²) in [5, 5.41) is 4.47. The average molecular weight is 306 g/mol. The summed E-state index contributed by atoms with van der Waals surface area (Å²) in [5.41, 5.74) is 6.61. The molecule has 1 aromatic heterocycles. The van der Waals surface area contributed by atoms with Crippen molar-refractivity contribution in [1.82, 2.24) is 14.7 Å². The minimum Gasteiger partial charge on any atom is -0.369 e. The van der Waals surface area contributed by atoms with Crippen LogP contribution < -0.4 is 5.73 Å². The number of nitrogens with two attached hydrogens (primary N) is 1. The number of carbonyl (C=O) groups is 2. The molecule has 2 rings (SSSR count). The third-order valence-electron chi connectivity index (χ3n) is 4.29. The molecule has 2 N–H and O–H groups in total. The Bertz CT molecular complexity index is 585. The number of rotatable bonds is 2. The molecule has 2 heterocycles. The molecule has 0 bridgehead atoms. The van der Waals surface area contributed by atoms with Crippen LogP contribution in [-0.4, -0.2) is 39.1 Å². The van der Waals surface area contributed by atoms with E-state index in [-0.39, 0.29) is 29.3 Å². The van der Waals surface area contributed by atoms with E-state index in [1.54, 1.807) is 4.90 Å². The summed E-state index contributed by atoms with van der Waals surface area (Å²) < 4.78 is 1.86. The van der Waals surface area contributed by atoms with E-state index in [1.165, 1.54) is 0 Å². The van der Waals surface area contributed by atoms with Crippen molar-refractivity contribution in [3.8, 4) is 0 Å². The zero-order chi connectivity index (χ0) is 16.7. The number of aromatic nitrogens is 2. The Hall–Kier alpha value is -1.85. The second-order valence-corrected chi connectivity index (χ2v) is 7.24. The van der Waals surface area contributed by atoms with Gasteiger partial charge in [0.1, 0.15) is 0 Å². The fourth-order valence-corrected chi connectivity index (χ4v) is 3.03. The zero-order valence-electron chi connectivity index (χ0n) is 14.1. The van der Waals surface area contributed by atoms with Gasteiger partial charge in [0.05, 0.1) is 11.5 Å². The van der Waals surface area contributed by atoms with E-state index in [1.807, 2.05) is 45.4 Å². The molecular weight excluding hydrogens is 280 g/mol. The van der Waals surface area contributed by atoms with Gasteiger partial charge in [0.15, 0.2) is 5.69 Å².